The highest BCUT2D eigenvalue weighted by atomic mass is 16.5. The van der Waals surface area contributed by atoms with Crippen LogP contribution in [-0.4, -0.2) is 37.8 Å². The number of rotatable bonds is 9. The van der Waals surface area contributed by atoms with Crippen molar-refractivity contribution in [2.45, 2.75) is 58.0 Å². The van der Waals surface area contributed by atoms with Crippen LogP contribution in [0.25, 0.3) is 0 Å². The maximum Gasteiger partial charge on any atom is 0.341 e. The summed E-state index contributed by atoms with van der Waals surface area (Å²) in [6.07, 6.45) is 5.10. The molecule has 0 saturated heterocycles. The van der Waals surface area contributed by atoms with E-state index in [1.54, 1.807) is 18.2 Å². The predicted octanol–water partition coefficient (Wildman–Crippen LogP) is 3.94. The summed E-state index contributed by atoms with van der Waals surface area (Å²) in [5.74, 6) is -0.194. The lowest BCUT2D eigenvalue weighted by molar-refractivity contribution is -0.140. The van der Waals surface area contributed by atoms with E-state index in [2.05, 4.69) is 5.32 Å². The fourth-order valence-electron chi connectivity index (χ4n) is 3.14. The number of esters is 1. The van der Waals surface area contributed by atoms with Gasteiger partial charge < -0.3 is 19.5 Å². The molecule has 6 nitrogen and oxygen atoms in total. The number of amides is 1. The fourth-order valence-corrected chi connectivity index (χ4v) is 3.14. The quantitative estimate of drug-likeness (QED) is 0.673. The van der Waals surface area contributed by atoms with Gasteiger partial charge in [-0.2, -0.15) is 0 Å². The van der Waals surface area contributed by atoms with E-state index >= 15 is 0 Å². The van der Waals surface area contributed by atoms with E-state index in [9.17, 15) is 9.59 Å². The van der Waals surface area contributed by atoms with Gasteiger partial charge in [0.25, 0.3) is 5.91 Å². The van der Waals surface area contributed by atoms with Crippen molar-refractivity contribution in [3.05, 3.63) is 23.8 Å². The average molecular weight is 363 g/mol. The van der Waals surface area contributed by atoms with Crippen molar-refractivity contribution in [1.29, 1.82) is 0 Å². The maximum atomic E-state index is 12.9. The summed E-state index contributed by atoms with van der Waals surface area (Å²) in [5.41, 5.74) is 0.0676. The first-order chi connectivity index (χ1) is 12.6. The summed E-state index contributed by atoms with van der Waals surface area (Å²) in [7, 11) is 1.32. The first-order valence-corrected chi connectivity index (χ1v) is 9.37. The largest absolute Gasteiger partial charge is 0.493 e. The second kappa shape index (κ2) is 9.57. The van der Waals surface area contributed by atoms with Crippen LogP contribution in [0.1, 0.15) is 62.7 Å². The van der Waals surface area contributed by atoms with Crippen LogP contribution in [0.2, 0.25) is 0 Å². The zero-order chi connectivity index (χ0) is 19.0. The Morgan fingerprint density at radius 2 is 1.81 bits per heavy atom. The van der Waals surface area contributed by atoms with Crippen LogP contribution in [0.5, 0.6) is 5.75 Å². The van der Waals surface area contributed by atoms with E-state index in [4.69, 9.17) is 14.2 Å². The van der Waals surface area contributed by atoms with Gasteiger partial charge in [0.1, 0.15) is 16.9 Å². The summed E-state index contributed by atoms with van der Waals surface area (Å²) in [5, 5.41) is 2.91. The fraction of sp³-hybridized carbons (Fsp3) is 0.600. The first-order valence-electron chi connectivity index (χ1n) is 9.37. The lowest BCUT2D eigenvalue weighted by atomic mass is 10.0. The molecular formula is C20H29NO5. The second-order valence-corrected chi connectivity index (χ2v) is 6.55. The molecule has 6 heteroatoms. The molecule has 0 aliphatic heterocycles. The molecule has 26 heavy (non-hydrogen) atoms. The Hall–Kier alpha value is -2.08. The Bertz CT molecular complexity index is 623. The summed E-state index contributed by atoms with van der Waals surface area (Å²) in [4.78, 5) is 24.9. The number of benzene rings is 1. The molecule has 0 bridgehead atoms. The molecule has 0 spiro atoms. The first kappa shape index (κ1) is 20.2. The third-order valence-electron chi connectivity index (χ3n) is 4.51. The number of methoxy groups -OCH3 is 1. The molecule has 0 radical (unpaired) electrons. The number of nitrogens with one attached hydrogen (secondary N) is 1. The third kappa shape index (κ3) is 4.75. The van der Waals surface area contributed by atoms with Crippen molar-refractivity contribution in [3.8, 4) is 5.75 Å². The van der Waals surface area contributed by atoms with Crippen LogP contribution in [0, 0.1) is 0 Å². The van der Waals surface area contributed by atoms with Gasteiger partial charge in [-0.1, -0.05) is 13.8 Å². The van der Waals surface area contributed by atoms with Crippen molar-refractivity contribution in [1.82, 2.24) is 0 Å². The van der Waals surface area contributed by atoms with Crippen molar-refractivity contribution in [2.75, 3.05) is 25.6 Å². The summed E-state index contributed by atoms with van der Waals surface area (Å²) >= 11 is 0. The van der Waals surface area contributed by atoms with Crippen molar-refractivity contribution in [3.63, 3.8) is 0 Å². The minimum atomic E-state index is -0.765. The molecule has 1 aliphatic carbocycles. The Labute approximate surface area is 155 Å². The Kier molecular flexibility index (Phi) is 7.45. The monoisotopic (exact) mass is 363 g/mol. The van der Waals surface area contributed by atoms with Gasteiger partial charge in [-0.3, -0.25) is 4.79 Å². The molecule has 1 amide bonds. The van der Waals surface area contributed by atoms with Gasteiger partial charge in [-0.15, -0.1) is 0 Å². The average Bonchev–Trinajstić information content (AvgIpc) is 3.14. The van der Waals surface area contributed by atoms with E-state index < -0.39 is 11.6 Å². The Balaban J connectivity index is 2.19. The molecule has 1 fully saturated rings. The molecule has 144 valence electrons. The van der Waals surface area contributed by atoms with Crippen LogP contribution in [0.3, 0.4) is 0 Å². The van der Waals surface area contributed by atoms with Crippen LogP contribution in [-0.2, 0) is 14.3 Å². The Morgan fingerprint density at radius 3 is 2.42 bits per heavy atom. The maximum absolute atomic E-state index is 12.9. The zero-order valence-electron chi connectivity index (χ0n) is 15.9. The van der Waals surface area contributed by atoms with Crippen LogP contribution in [0.4, 0.5) is 5.69 Å². The van der Waals surface area contributed by atoms with E-state index in [0.29, 0.717) is 30.2 Å². The molecule has 1 aliphatic rings. The zero-order valence-corrected chi connectivity index (χ0v) is 15.9. The third-order valence-corrected chi connectivity index (χ3v) is 4.51. The molecule has 1 saturated carbocycles. The van der Waals surface area contributed by atoms with Gasteiger partial charge in [-0.25, -0.2) is 4.79 Å². The van der Waals surface area contributed by atoms with Crippen molar-refractivity contribution >= 4 is 17.6 Å². The molecule has 0 unspecified atom stereocenters. The molecule has 2 rings (SSSR count). The molecule has 0 heterocycles. The van der Waals surface area contributed by atoms with Gasteiger partial charge in [0.2, 0.25) is 0 Å². The lowest BCUT2D eigenvalue weighted by Gasteiger charge is -2.28. The van der Waals surface area contributed by atoms with Crippen LogP contribution >= 0.6 is 0 Å². The van der Waals surface area contributed by atoms with Gasteiger partial charge >= 0.3 is 5.97 Å². The highest BCUT2D eigenvalue weighted by Gasteiger charge is 2.42. The van der Waals surface area contributed by atoms with Gasteiger partial charge in [0, 0.05) is 12.3 Å². The molecule has 1 N–H and O–H groups in total. The summed E-state index contributed by atoms with van der Waals surface area (Å²) < 4.78 is 16.4. The molecule has 1 aromatic rings. The smallest absolute Gasteiger partial charge is 0.341 e. The number of ether oxygens (including phenoxy) is 3. The number of anilines is 1. The number of carbonyl (C=O) groups is 2. The van der Waals surface area contributed by atoms with Gasteiger partial charge in [0.15, 0.2) is 0 Å². The van der Waals surface area contributed by atoms with Crippen LogP contribution < -0.4 is 10.1 Å². The van der Waals surface area contributed by atoms with E-state index in [0.717, 1.165) is 38.5 Å². The minimum absolute atomic E-state index is 0.151. The van der Waals surface area contributed by atoms with Crippen molar-refractivity contribution < 1.29 is 23.8 Å². The normalized spacial score (nSPS) is 15.5. The van der Waals surface area contributed by atoms with Gasteiger partial charge in [-0.05, 0) is 56.7 Å². The van der Waals surface area contributed by atoms with E-state index in [1.165, 1.54) is 7.11 Å². The predicted molar refractivity (Wildman–Crippen MR) is 99.6 cm³/mol. The highest BCUT2D eigenvalue weighted by molar-refractivity contribution is 5.99. The van der Waals surface area contributed by atoms with Gasteiger partial charge in [0.05, 0.1) is 13.7 Å². The molecular weight excluding hydrogens is 334 g/mol. The number of hydrogen-bond acceptors (Lipinski definition) is 5. The van der Waals surface area contributed by atoms with Crippen LogP contribution in [0.15, 0.2) is 18.2 Å². The molecule has 0 atom stereocenters. The SMILES string of the molecule is CCCOc1ccc(NC(=O)C2(OCCC)CCCC2)cc1C(=O)OC. The summed E-state index contributed by atoms with van der Waals surface area (Å²) in [6, 6.07) is 5.01. The van der Waals surface area contributed by atoms with Crippen molar-refractivity contribution in [2.24, 2.45) is 0 Å². The minimum Gasteiger partial charge on any atom is -0.493 e. The second-order valence-electron chi connectivity index (χ2n) is 6.55. The standard InChI is InChI=1S/C20H29NO5/c1-4-12-25-17-9-8-15(14-16(17)18(22)24-3)21-19(23)20(26-13-5-2)10-6-7-11-20/h8-9,14H,4-7,10-13H2,1-3H3,(H,21,23). The lowest BCUT2D eigenvalue weighted by Crippen LogP contribution is -2.43. The molecule has 1 aromatic carbocycles. The van der Waals surface area contributed by atoms with E-state index in [-0.39, 0.29) is 5.91 Å². The summed E-state index contributed by atoms with van der Waals surface area (Å²) in [6.45, 7) is 5.08. The Morgan fingerprint density at radius 1 is 1.12 bits per heavy atom. The number of carbonyl (C=O) groups excluding carboxylic acids is 2. The molecule has 0 aromatic heterocycles. The topological polar surface area (TPSA) is 73.9 Å². The van der Waals surface area contributed by atoms with E-state index in [1.807, 2.05) is 13.8 Å². The highest BCUT2D eigenvalue weighted by Crippen LogP contribution is 2.35. The number of hydrogen-bond donors (Lipinski definition) is 1.